The van der Waals surface area contributed by atoms with Crippen molar-refractivity contribution in [1.29, 1.82) is 5.26 Å². The Morgan fingerprint density at radius 2 is 2.20 bits per heavy atom. The summed E-state index contributed by atoms with van der Waals surface area (Å²) in [5.74, 6) is 0. The number of nitrogens with one attached hydrogen (secondary N) is 1. The number of nitrogens with zero attached hydrogens (tertiary/aromatic N) is 2. The Bertz CT molecular complexity index is 382. The number of hydrogen-bond acceptors (Lipinski definition) is 4. The number of anilines is 1. The second-order valence-corrected chi connectivity index (χ2v) is 4.59. The molecule has 0 bridgehead atoms. The highest BCUT2D eigenvalue weighted by molar-refractivity contribution is 7.98. The summed E-state index contributed by atoms with van der Waals surface area (Å²) in [5, 5.41) is 8.89. The average molecular weight is 219 g/mol. The van der Waals surface area contributed by atoms with E-state index in [1.807, 2.05) is 24.3 Å². The maximum atomic E-state index is 8.89. The Hall–Kier alpha value is -1.18. The molecule has 1 N–H and O–H groups in total. The van der Waals surface area contributed by atoms with Crippen molar-refractivity contribution in [2.75, 3.05) is 11.8 Å². The van der Waals surface area contributed by atoms with Gasteiger partial charge in [-0.1, -0.05) is 12.1 Å². The molecule has 0 radical (unpaired) electrons. The lowest BCUT2D eigenvalue weighted by molar-refractivity contribution is 0.561. The zero-order valence-electron chi connectivity index (χ0n) is 8.60. The Morgan fingerprint density at radius 3 is 2.87 bits per heavy atom. The monoisotopic (exact) mass is 219 g/mol. The second-order valence-electron chi connectivity index (χ2n) is 3.63. The predicted octanol–water partition coefficient (Wildman–Crippen LogP) is 2.63. The first-order valence-corrected chi connectivity index (χ1v) is 5.73. The molecule has 0 aliphatic heterocycles. The average Bonchev–Trinajstić information content (AvgIpc) is 3.10. The van der Waals surface area contributed by atoms with Crippen molar-refractivity contribution >= 4 is 17.8 Å². The van der Waals surface area contributed by atoms with Crippen LogP contribution in [0, 0.1) is 11.3 Å². The molecular formula is C11H13N3S. The summed E-state index contributed by atoms with van der Waals surface area (Å²) in [6.07, 6.45) is 2.57. The van der Waals surface area contributed by atoms with E-state index < -0.39 is 0 Å². The van der Waals surface area contributed by atoms with E-state index in [-0.39, 0.29) is 0 Å². The van der Waals surface area contributed by atoms with E-state index in [1.165, 1.54) is 12.8 Å². The predicted molar refractivity (Wildman–Crippen MR) is 63.2 cm³/mol. The van der Waals surface area contributed by atoms with Gasteiger partial charge in [0.25, 0.3) is 0 Å². The quantitative estimate of drug-likeness (QED) is 0.790. The molecule has 1 aliphatic carbocycles. The minimum Gasteiger partial charge on any atom is -0.315 e. The van der Waals surface area contributed by atoms with E-state index >= 15 is 0 Å². The van der Waals surface area contributed by atoms with Crippen molar-refractivity contribution in [3.05, 3.63) is 29.8 Å². The molecule has 1 saturated carbocycles. The first-order chi connectivity index (χ1) is 7.31. The molecule has 0 amide bonds. The first-order valence-electron chi connectivity index (χ1n) is 4.96. The maximum absolute atomic E-state index is 8.89. The molecule has 4 heteroatoms. The van der Waals surface area contributed by atoms with Crippen LogP contribution < -0.4 is 4.72 Å². The molecule has 15 heavy (non-hydrogen) atoms. The van der Waals surface area contributed by atoms with Crippen LogP contribution in [-0.4, -0.2) is 17.4 Å². The number of rotatable bonds is 4. The standard InChI is InChI=1S/C11H13N3S/c1-14(10-6-7-10)15-13-11-5-3-2-4-9(11)8-12/h2-5,10,13H,6-7H2,1H3. The molecule has 1 fully saturated rings. The van der Waals surface area contributed by atoms with E-state index in [9.17, 15) is 0 Å². The van der Waals surface area contributed by atoms with Crippen molar-refractivity contribution in [2.24, 2.45) is 0 Å². The molecule has 0 heterocycles. The van der Waals surface area contributed by atoms with Crippen LogP contribution in [0.4, 0.5) is 5.69 Å². The van der Waals surface area contributed by atoms with Gasteiger partial charge in [-0.15, -0.1) is 0 Å². The summed E-state index contributed by atoms with van der Waals surface area (Å²) < 4.78 is 5.41. The fraction of sp³-hybridized carbons (Fsp3) is 0.364. The number of hydrogen-bond donors (Lipinski definition) is 1. The highest BCUT2D eigenvalue weighted by Gasteiger charge is 2.26. The van der Waals surface area contributed by atoms with Crippen LogP contribution >= 0.6 is 12.1 Å². The van der Waals surface area contributed by atoms with Crippen molar-refractivity contribution in [3.63, 3.8) is 0 Å². The van der Waals surface area contributed by atoms with Gasteiger partial charge in [0.05, 0.1) is 11.3 Å². The fourth-order valence-electron chi connectivity index (χ4n) is 1.30. The van der Waals surface area contributed by atoms with Crippen molar-refractivity contribution in [1.82, 2.24) is 4.31 Å². The molecule has 0 saturated heterocycles. The normalized spacial score (nSPS) is 15.0. The lowest BCUT2D eigenvalue weighted by atomic mass is 10.2. The molecule has 78 valence electrons. The summed E-state index contributed by atoms with van der Waals surface area (Å²) in [7, 11) is 2.07. The van der Waals surface area contributed by atoms with Crippen LogP contribution in [-0.2, 0) is 0 Å². The molecule has 2 rings (SSSR count). The van der Waals surface area contributed by atoms with Crippen LogP contribution in [0.15, 0.2) is 24.3 Å². The van der Waals surface area contributed by atoms with Gasteiger partial charge in [-0.25, -0.2) is 4.31 Å². The van der Waals surface area contributed by atoms with E-state index in [0.717, 1.165) is 5.69 Å². The summed E-state index contributed by atoms with van der Waals surface area (Å²) in [6, 6.07) is 10.4. The zero-order valence-corrected chi connectivity index (χ0v) is 9.42. The van der Waals surface area contributed by atoms with E-state index in [2.05, 4.69) is 22.1 Å². The largest absolute Gasteiger partial charge is 0.315 e. The van der Waals surface area contributed by atoms with E-state index in [0.29, 0.717) is 11.6 Å². The minimum atomic E-state index is 0.689. The first kappa shape index (κ1) is 10.3. The van der Waals surface area contributed by atoms with Crippen LogP contribution in [0.3, 0.4) is 0 Å². The lowest BCUT2D eigenvalue weighted by Crippen LogP contribution is -2.14. The maximum Gasteiger partial charge on any atom is 0.101 e. The zero-order chi connectivity index (χ0) is 10.7. The third-order valence-corrected chi connectivity index (χ3v) is 3.31. The van der Waals surface area contributed by atoms with Gasteiger partial charge in [0.1, 0.15) is 6.07 Å². The van der Waals surface area contributed by atoms with Gasteiger partial charge >= 0.3 is 0 Å². The number of nitriles is 1. The highest BCUT2D eigenvalue weighted by atomic mass is 32.2. The van der Waals surface area contributed by atoms with Gasteiger partial charge in [-0.3, -0.25) is 0 Å². The fourth-order valence-corrected chi connectivity index (χ4v) is 2.08. The third kappa shape index (κ3) is 2.65. The summed E-state index contributed by atoms with van der Waals surface area (Å²) in [4.78, 5) is 0. The molecule has 0 aromatic heterocycles. The summed E-state index contributed by atoms with van der Waals surface area (Å²) >= 11 is 1.56. The summed E-state index contributed by atoms with van der Waals surface area (Å²) in [6.45, 7) is 0. The Morgan fingerprint density at radius 1 is 1.47 bits per heavy atom. The molecule has 0 unspecified atom stereocenters. The van der Waals surface area contributed by atoms with Gasteiger partial charge in [0, 0.05) is 18.2 Å². The van der Waals surface area contributed by atoms with Gasteiger partial charge in [0.15, 0.2) is 0 Å². The topological polar surface area (TPSA) is 39.1 Å². The van der Waals surface area contributed by atoms with Crippen molar-refractivity contribution in [3.8, 4) is 6.07 Å². The molecular weight excluding hydrogens is 206 g/mol. The Labute approximate surface area is 94.3 Å². The smallest absolute Gasteiger partial charge is 0.101 e. The minimum absolute atomic E-state index is 0.689. The molecule has 3 nitrogen and oxygen atoms in total. The Balaban J connectivity index is 1.95. The molecule has 0 atom stereocenters. The SMILES string of the molecule is CN(SNc1ccccc1C#N)C1CC1. The molecule has 0 spiro atoms. The van der Waals surface area contributed by atoms with Gasteiger partial charge in [-0.2, -0.15) is 5.26 Å². The molecule has 1 aromatic rings. The Kier molecular flexibility index (Phi) is 3.14. The van der Waals surface area contributed by atoms with E-state index in [1.54, 1.807) is 12.1 Å². The van der Waals surface area contributed by atoms with E-state index in [4.69, 9.17) is 5.26 Å². The number of para-hydroxylation sites is 1. The van der Waals surface area contributed by atoms with Gasteiger partial charge < -0.3 is 4.72 Å². The van der Waals surface area contributed by atoms with Crippen LogP contribution in [0.1, 0.15) is 18.4 Å². The lowest BCUT2D eigenvalue weighted by Gasteiger charge is -2.15. The van der Waals surface area contributed by atoms with Crippen LogP contribution in [0.25, 0.3) is 0 Å². The van der Waals surface area contributed by atoms with Crippen molar-refractivity contribution < 1.29 is 0 Å². The second kappa shape index (κ2) is 4.56. The molecule has 1 aliphatic rings. The van der Waals surface area contributed by atoms with Crippen molar-refractivity contribution in [2.45, 2.75) is 18.9 Å². The van der Waals surface area contributed by atoms with Gasteiger partial charge in [-0.05, 0) is 32.0 Å². The molecule has 1 aromatic carbocycles. The third-order valence-electron chi connectivity index (χ3n) is 2.41. The van der Waals surface area contributed by atoms with Crippen LogP contribution in [0.5, 0.6) is 0 Å². The number of benzene rings is 1. The van der Waals surface area contributed by atoms with Gasteiger partial charge in [0.2, 0.25) is 0 Å². The highest BCUT2D eigenvalue weighted by Crippen LogP contribution is 2.31. The van der Waals surface area contributed by atoms with Crippen LogP contribution in [0.2, 0.25) is 0 Å². The summed E-state index contributed by atoms with van der Waals surface area (Å²) in [5.41, 5.74) is 1.58.